The molecule has 0 radical (unpaired) electrons. The van der Waals surface area contributed by atoms with Crippen LogP contribution >= 0.6 is 0 Å². The summed E-state index contributed by atoms with van der Waals surface area (Å²) >= 11 is 0. The number of nitrogens with one attached hydrogen (secondary N) is 2. The number of allylic oxidation sites excluding steroid dienone is 4. The smallest absolute Gasteiger partial charge is 0.407 e. The van der Waals surface area contributed by atoms with Gasteiger partial charge < -0.3 is 25.0 Å². The minimum Gasteiger partial charge on any atom is -0.446 e. The molecule has 50 heavy (non-hydrogen) atoms. The third-order valence-corrected chi connectivity index (χ3v) is 9.16. The first-order valence-corrected chi connectivity index (χ1v) is 21.3. The van der Waals surface area contributed by atoms with Gasteiger partial charge in [-0.1, -0.05) is 154 Å². The summed E-state index contributed by atoms with van der Waals surface area (Å²) in [7, 11) is 3.82. The Hall–Kier alpha value is -2.02. The molecular weight excluding hydrogens is 622 g/mol. The highest BCUT2D eigenvalue weighted by molar-refractivity contribution is 5.68. The number of hydrogen-bond acceptors (Lipinski definition) is 5. The van der Waals surface area contributed by atoms with E-state index in [2.05, 4.69) is 48.8 Å². The minimum atomic E-state index is -0.513. The first-order chi connectivity index (χ1) is 24.5. The lowest BCUT2D eigenvalue weighted by molar-refractivity contribution is 0.0318. The number of alkyl carbamates (subject to hydrolysis) is 2. The van der Waals surface area contributed by atoms with E-state index in [4.69, 9.17) is 9.47 Å². The lowest BCUT2D eigenvalue weighted by atomic mass is 10.1. The molecule has 294 valence electrons. The molecule has 2 amide bonds. The van der Waals surface area contributed by atoms with E-state index >= 15 is 0 Å². The highest BCUT2D eigenvalue weighted by atomic mass is 16.6. The van der Waals surface area contributed by atoms with E-state index in [9.17, 15) is 9.59 Å². The first-order valence-electron chi connectivity index (χ1n) is 21.3. The van der Waals surface area contributed by atoms with E-state index in [1.807, 2.05) is 19.0 Å². The third-order valence-electron chi connectivity index (χ3n) is 9.16. The van der Waals surface area contributed by atoms with Crippen molar-refractivity contribution in [2.24, 2.45) is 0 Å². The number of hydrogen-bond donors (Lipinski definition) is 2. The van der Waals surface area contributed by atoms with E-state index in [1.165, 1.54) is 154 Å². The summed E-state index contributed by atoms with van der Waals surface area (Å²) in [5.74, 6) is 0. The van der Waals surface area contributed by atoms with Gasteiger partial charge in [0.1, 0.15) is 6.61 Å². The zero-order valence-electron chi connectivity index (χ0n) is 33.6. The first kappa shape index (κ1) is 48.0. The maximum atomic E-state index is 12.4. The van der Waals surface area contributed by atoms with Crippen molar-refractivity contribution in [3.63, 3.8) is 0 Å². The predicted molar refractivity (Wildman–Crippen MR) is 215 cm³/mol. The van der Waals surface area contributed by atoms with Crippen LogP contribution in [0.1, 0.15) is 194 Å². The van der Waals surface area contributed by atoms with Crippen molar-refractivity contribution in [1.29, 1.82) is 0 Å². The van der Waals surface area contributed by atoms with Crippen molar-refractivity contribution in [3.8, 4) is 0 Å². The lowest BCUT2D eigenvalue weighted by Gasteiger charge is -2.21. The van der Waals surface area contributed by atoms with Crippen LogP contribution in [0.15, 0.2) is 24.3 Å². The van der Waals surface area contributed by atoms with Crippen LogP contribution < -0.4 is 10.6 Å². The van der Waals surface area contributed by atoms with Gasteiger partial charge in [-0.3, -0.25) is 0 Å². The molecule has 0 aromatic heterocycles. The number of amides is 2. The molecule has 0 saturated heterocycles. The van der Waals surface area contributed by atoms with E-state index in [0.29, 0.717) is 19.6 Å². The van der Waals surface area contributed by atoms with Crippen molar-refractivity contribution < 1.29 is 19.1 Å². The van der Waals surface area contributed by atoms with Gasteiger partial charge >= 0.3 is 12.2 Å². The molecule has 0 saturated carbocycles. The van der Waals surface area contributed by atoms with Gasteiger partial charge in [-0.05, 0) is 78.3 Å². The quantitative estimate of drug-likeness (QED) is 0.0497. The second kappa shape index (κ2) is 39.8. The maximum Gasteiger partial charge on any atom is 0.407 e. The topological polar surface area (TPSA) is 79.9 Å². The van der Waals surface area contributed by atoms with Crippen molar-refractivity contribution in [1.82, 2.24) is 15.5 Å². The Kier molecular flexibility index (Phi) is 38.2. The number of likely N-dealkylation sites (N-methyl/N-ethyl adjacent to an activating group) is 1. The second-order valence-corrected chi connectivity index (χ2v) is 14.6. The Balaban J connectivity index is 3.73. The number of rotatable bonds is 37. The molecule has 0 heterocycles. The standard InChI is InChI=1S/C43H83N3O4/c1-5-7-9-11-13-15-17-19-21-23-25-27-29-31-33-35-37-44-42(47)49-40-41(39-46(3)4)50-43(48)45-38-36-34-32-30-28-26-24-22-20-18-16-14-12-10-8-6-2/h19-22,41H,5-18,23-40H2,1-4H3,(H,44,47)(H,45,48). The molecule has 0 rings (SSSR count). The van der Waals surface area contributed by atoms with Crippen LogP contribution in [0.3, 0.4) is 0 Å². The molecule has 7 nitrogen and oxygen atoms in total. The van der Waals surface area contributed by atoms with Gasteiger partial charge in [0.25, 0.3) is 0 Å². The van der Waals surface area contributed by atoms with Gasteiger partial charge in [0.2, 0.25) is 0 Å². The number of unbranched alkanes of at least 4 members (excludes halogenated alkanes) is 24. The molecule has 0 bridgehead atoms. The van der Waals surface area contributed by atoms with Gasteiger partial charge in [-0.2, -0.15) is 0 Å². The molecule has 1 unspecified atom stereocenters. The Bertz CT molecular complexity index is 786. The summed E-state index contributed by atoms with van der Waals surface area (Å²) in [5, 5.41) is 5.70. The lowest BCUT2D eigenvalue weighted by Crippen LogP contribution is -2.39. The Labute approximate surface area is 310 Å². The van der Waals surface area contributed by atoms with E-state index in [1.54, 1.807) is 0 Å². The van der Waals surface area contributed by atoms with Crippen LogP contribution in [0.25, 0.3) is 0 Å². The van der Waals surface area contributed by atoms with Crippen LogP contribution in [0.2, 0.25) is 0 Å². The number of ether oxygens (including phenoxy) is 2. The van der Waals surface area contributed by atoms with E-state index < -0.39 is 18.3 Å². The fourth-order valence-corrected chi connectivity index (χ4v) is 6.07. The average molecular weight is 706 g/mol. The van der Waals surface area contributed by atoms with Crippen molar-refractivity contribution >= 4 is 12.2 Å². The largest absolute Gasteiger partial charge is 0.446 e. The van der Waals surface area contributed by atoms with Gasteiger partial charge in [-0.15, -0.1) is 0 Å². The molecule has 0 fully saturated rings. The molecule has 0 aliphatic carbocycles. The van der Waals surface area contributed by atoms with Gasteiger partial charge in [0.15, 0.2) is 6.10 Å². The zero-order valence-corrected chi connectivity index (χ0v) is 33.6. The van der Waals surface area contributed by atoms with Gasteiger partial charge in [0, 0.05) is 19.6 Å². The van der Waals surface area contributed by atoms with Gasteiger partial charge in [0.05, 0.1) is 0 Å². The van der Waals surface area contributed by atoms with Crippen LogP contribution in [0.4, 0.5) is 9.59 Å². The fourth-order valence-electron chi connectivity index (χ4n) is 6.07. The molecule has 0 aliphatic heterocycles. The molecule has 1 atom stereocenters. The van der Waals surface area contributed by atoms with E-state index in [-0.39, 0.29) is 6.61 Å². The Morgan fingerprint density at radius 3 is 1.22 bits per heavy atom. The van der Waals surface area contributed by atoms with Crippen LogP contribution in [0.5, 0.6) is 0 Å². The summed E-state index contributed by atoms with van der Waals surface area (Å²) in [4.78, 5) is 26.5. The van der Waals surface area contributed by atoms with Crippen molar-refractivity contribution in [3.05, 3.63) is 24.3 Å². The van der Waals surface area contributed by atoms with Crippen LogP contribution in [0, 0.1) is 0 Å². The highest BCUT2D eigenvalue weighted by Gasteiger charge is 2.18. The maximum absolute atomic E-state index is 12.4. The Morgan fingerprint density at radius 2 is 0.840 bits per heavy atom. The molecular formula is C43H83N3O4. The average Bonchev–Trinajstić information content (AvgIpc) is 3.09. The normalized spacial score (nSPS) is 12.3. The van der Waals surface area contributed by atoms with Crippen molar-refractivity contribution in [2.75, 3.05) is 40.3 Å². The minimum absolute atomic E-state index is 0.0407. The van der Waals surface area contributed by atoms with Gasteiger partial charge in [-0.25, -0.2) is 9.59 Å². The summed E-state index contributed by atoms with van der Waals surface area (Å²) in [6, 6.07) is 0. The molecule has 0 spiro atoms. The third kappa shape index (κ3) is 38.8. The summed E-state index contributed by atoms with van der Waals surface area (Å²) in [6.07, 6.45) is 43.4. The highest BCUT2D eigenvalue weighted by Crippen LogP contribution is 2.11. The number of carbonyl (C=O) groups is 2. The van der Waals surface area contributed by atoms with Crippen LogP contribution in [-0.2, 0) is 9.47 Å². The zero-order chi connectivity index (χ0) is 36.6. The number of carbonyl (C=O) groups excluding carboxylic acids is 2. The Morgan fingerprint density at radius 1 is 0.500 bits per heavy atom. The molecule has 2 N–H and O–H groups in total. The van der Waals surface area contributed by atoms with E-state index in [0.717, 1.165) is 25.7 Å². The number of nitrogens with zero attached hydrogens (tertiary/aromatic N) is 1. The molecule has 0 aromatic carbocycles. The SMILES string of the molecule is CCCCCCCCC=CCCCCCCCCNC(=O)OCC(CN(C)C)OC(=O)NCCCCCCCCC=CCCCCCCCC. The van der Waals surface area contributed by atoms with Crippen molar-refractivity contribution in [2.45, 2.75) is 200 Å². The monoisotopic (exact) mass is 706 g/mol. The van der Waals surface area contributed by atoms with Crippen LogP contribution in [-0.4, -0.2) is 63.5 Å². The summed E-state index contributed by atoms with van der Waals surface area (Å²) in [6.45, 7) is 6.28. The molecule has 7 heteroatoms. The fraction of sp³-hybridized carbons (Fsp3) is 0.860. The predicted octanol–water partition coefficient (Wildman–Crippen LogP) is 12.4. The molecule has 0 aromatic rings. The summed E-state index contributed by atoms with van der Waals surface area (Å²) in [5.41, 5.74) is 0. The summed E-state index contributed by atoms with van der Waals surface area (Å²) < 4.78 is 11.0. The second-order valence-electron chi connectivity index (χ2n) is 14.6. The molecule has 0 aliphatic rings.